The van der Waals surface area contributed by atoms with Gasteiger partial charge in [0.2, 0.25) is 5.95 Å². The van der Waals surface area contributed by atoms with Gasteiger partial charge in [0.25, 0.3) is 0 Å². The lowest BCUT2D eigenvalue weighted by atomic mass is 10.1. The van der Waals surface area contributed by atoms with Gasteiger partial charge in [-0.3, -0.25) is 9.97 Å². The quantitative estimate of drug-likeness (QED) is 0.150. The predicted molar refractivity (Wildman–Crippen MR) is 172 cm³/mol. The molecule has 2 N–H and O–H groups in total. The van der Waals surface area contributed by atoms with Crippen molar-refractivity contribution in [1.29, 1.82) is 0 Å². The van der Waals surface area contributed by atoms with Crippen LogP contribution in [0, 0.1) is 6.92 Å². The molecule has 40 heavy (non-hydrogen) atoms. The number of fused-ring (bicyclic) bond motifs is 1. The average Bonchev–Trinajstić information content (AvgIpc) is 3.00. The van der Waals surface area contributed by atoms with Gasteiger partial charge in [0, 0.05) is 68.3 Å². The maximum absolute atomic E-state index is 5.66. The monoisotopic (exact) mass is 672 g/mol. The number of halogens is 1. The molecule has 0 spiro atoms. The first-order valence-electron chi connectivity index (χ1n) is 13.1. The first-order valence-corrected chi connectivity index (χ1v) is 15.1. The molecule has 0 unspecified atom stereocenters. The van der Waals surface area contributed by atoms with E-state index in [0.717, 1.165) is 71.0 Å². The Morgan fingerprint density at radius 3 is 2.67 bits per heavy atom. The molecule has 0 saturated carbocycles. The van der Waals surface area contributed by atoms with Gasteiger partial charge >= 0.3 is 0 Å². The summed E-state index contributed by atoms with van der Waals surface area (Å²) in [5.74, 6) is 2.08. The van der Waals surface area contributed by atoms with E-state index < -0.39 is 0 Å². The molecular formula is C28H33IN8O2S. The zero-order valence-electron chi connectivity index (χ0n) is 23.0. The summed E-state index contributed by atoms with van der Waals surface area (Å²) in [6.45, 7) is 4.46. The Morgan fingerprint density at radius 2 is 1.93 bits per heavy atom. The van der Waals surface area contributed by atoms with Crippen molar-refractivity contribution in [3.8, 4) is 5.75 Å². The van der Waals surface area contributed by atoms with E-state index in [1.54, 1.807) is 31.5 Å². The van der Waals surface area contributed by atoms with Crippen molar-refractivity contribution in [3.05, 3.63) is 60.0 Å². The lowest BCUT2D eigenvalue weighted by Crippen LogP contribution is -2.36. The summed E-state index contributed by atoms with van der Waals surface area (Å²) in [4.78, 5) is 20.8. The van der Waals surface area contributed by atoms with Crippen LogP contribution in [0.1, 0.15) is 24.0 Å². The molecule has 1 saturated heterocycles. The van der Waals surface area contributed by atoms with Crippen LogP contribution >= 0.6 is 35.0 Å². The predicted octanol–water partition coefficient (Wildman–Crippen LogP) is 6.14. The third-order valence-electron chi connectivity index (χ3n) is 7.06. The minimum Gasteiger partial charge on any atom is -0.496 e. The third kappa shape index (κ3) is 6.28. The highest BCUT2D eigenvalue weighted by Crippen LogP contribution is 2.36. The van der Waals surface area contributed by atoms with Crippen LogP contribution in [0.25, 0.3) is 11.0 Å². The second-order valence-corrected chi connectivity index (χ2v) is 11.0. The number of aromatic nitrogens is 4. The number of hydrogen-bond acceptors (Lipinski definition) is 11. The first kappa shape index (κ1) is 28.4. The summed E-state index contributed by atoms with van der Waals surface area (Å²) >= 11 is 3.62. The third-order valence-corrected chi connectivity index (χ3v) is 8.51. The second kappa shape index (κ2) is 13.0. The van der Waals surface area contributed by atoms with E-state index >= 15 is 0 Å². The highest BCUT2D eigenvalue weighted by Gasteiger charge is 2.21. The maximum atomic E-state index is 5.66. The zero-order chi connectivity index (χ0) is 28.1. The zero-order valence-corrected chi connectivity index (χ0v) is 26.0. The van der Waals surface area contributed by atoms with Gasteiger partial charge in [0.05, 0.1) is 30.1 Å². The number of nitrogens with one attached hydrogen (secondary N) is 2. The molecule has 1 fully saturated rings. The highest BCUT2D eigenvalue weighted by atomic mass is 127. The van der Waals surface area contributed by atoms with Crippen LogP contribution in [0.2, 0.25) is 0 Å². The standard InChI is InChI=1S/C28H33IN8O2S/c1-18-16-32-28(33-17-19-15-20(5-8-24(19)38-3)37-13-9-21(39-29)10-14-37)35-27(18)34-23-7-6-22-25(31-12-11-30-22)26(23)36(2)40-4/h5-8,11-12,15-16,21H,9-10,13-14,17H2,1-4H3,(H2,32,33,34,35). The van der Waals surface area contributed by atoms with Crippen molar-refractivity contribution in [2.45, 2.75) is 32.4 Å². The van der Waals surface area contributed by atoms with E-state index in [4.69, 9.17) is 12.8 Å². The number of aryl methyl sites for hydroxylation is 1. The van der Waals surface area contributed by atoms with E-state index in [9.17, 15) is 0 Å². The summed E-state index contributed by atoms with van der Waals surface area (Å²) < 4.78 is 13.2. The summed E-state index contributed by atoms with van der Waals surface area (Å²) in [7, 11) is 3.71. The fourth-order valence-electron chi connectivity index (χ4n) is 4.79. The molecule has 210 valence electrons. The minimum atomic E-state index is 0.331. The number of ether oxygens (including phenoxy) is 1. The van der Waals surface area contributed by atoms with Crippen LogP contribution in [0.3, 0.4) is 0 Å². The molecular weight excluding hydrogens is 639 g/mol. The molecule has 1 aliphatic heterocycles. The number of methoxy groups -OCH3 is 1. The van der Waals surface area contributed by atoms with Gasteiger partial charge in [-0.1, -0.05) is 11.9 Å². The van der Waals surface area contributed by atoms with Crippen molar-refractivity contribution < 1.29 is 7.80 Å². The molecule has 12 heteroatoms. The summed E-state index contributed by atoms with van der Waals surface area (Å²) in [6.07, 6.45) is 9.65. The Hall–Kier alpha value is -3.10. The van der Waals surface area contributed by atoms with Crippen LogP contribution < -0.4 is 24.6 Å². The van der Waals surface area contributed by atoms with Gasteiger partial charge < -0.3 is 27.6 Å². The van der Waals surface area contributed by atoms with Gasteiger partial charge in [-0.05, 0) is 50.1 Å². The Balaban J connectivity index is 1.36. The van der Waals surface area contributed by atoms with Crippen LogP contribution in [-0.4, -0.2) is 59.5 Å². The minimum absolute atomic E-state index is 0.331. The molecule has 2 aromatic carbocycles. The Labute approximate surface area is 253 Å². The van der Waals surface area contributed by atoms with Crippen molar-refractivity contribution in [1.82, 2.24) is 19.9 Å². The number of rotatable bonds is 10. The molecule has 0 amide bonds. The molecule has 5 rings (SSSR count). The molecule has 0 radical (unpaired) electrons. The smallest absolute Gasteiger partial charge is 0.224 e. The molecule has 0 atom stereocenters. The molecule has 3 heterocycles. The van der Waals surface area contributed by atoms with Crippen LogP contribution in [0.4, 0.5) is 28.8 Å². The normalized spacial score (nSPS) is 13.9. The number of benzene rings is 2. The van der Waals surface area contributed by atoms with Crippen molar-refractivity contribution in [3.63, 3.8) is 0 Å². The van der Waals surface area contributed by atoms with Crippen molar-refractivity contribution in [2.24, 2.45) is 0 Å². The summed E-state index contributed by atoms with van der Waals surface area (Å²) in [5.41, 5.74) is 6.66. The van der Waals surface area contributed by atoms with Gasteiger partial charge in [-0.15, -0.1) is 0 Å². The van der Waals surface area contributed by atoms with Crippen LogP contribution in [-0.2, 0) is 9.61 Å². The van der Waals surface area contributed by atoms with E-state index in [2.05, 4.69) is 46.9 Å². The van der Waals surface area contributed by atoms with Gasteiger partial charge in [0.1, 0.15) is 40.1 Å². The van der Waals surface area contributed by atoms with Crippen molar-refractivity contribution in [2.75, 3.05) is 53.3 Å². The van der Waals surface area contributed by atoms with E-state index in [0.29, 0.717) is 18.6 Å². The lowest BCUT2D eigenvalue weighted by molar-refractivity contribution is 0.237. The molecule has 2 aromatic heterocycles. The number of piperidine rings is 1. The Morgan fingerprint density at radius 1 is 1.12 bits per heavy atom. The Bertz CT molecular complexity index is 1470. The molecule has 4 aromatic rings. The number of hydrogen-bond donors (Lipinski definition) is 2. The van der Waals surface area contributed by atoms with E-state index in [-0.39, 0.29) is 0 Å². The molecule has 1 aliphatic rings. The molecule has 0 aliphatic carbocycles. The number of nitrogens with zero attached hydrogens (tertiary/aromatic N) is 6. The van der Waals surface area contributed by atoms with Gasteiger partial charge in [0.15, 0.2) is 0 Å². The van der Waals surface area contributed by atoms with Crippen LogP contribution in [0.15, 0.2) is 48.9 Å². The van der Waals surface area contributed by atoms with Crippen LogP contribution in [0.5, 0.6) is 5.75 Å². The van der Waals surface area contributed by atoms with E-state index in [1.165, 1.54) is 5.69 Å². The topological polar surface area (TPSA) is 101 Å². The molecule has 10 nitrogen and oxygen atoms in total. The largest absolute Gasteiger partial charge is 0.496 e. The molecule has 0 bridgehead atoms. The Kier molecular flexibility index (Phi) is 9.27. The van der Waals surface area contributed by atoms with Gasteiger partial charge in [-0.2, -0.15) is 4.98 Å². The first-order chi connectivity index (χ1) is 19.5. The lowest BCUT2D eigenvalue weighted by Gasteiger charge is -2.32. The van der Waals surface area contributed by atoms with E-state index in [1.807, 2.05) is 67.6 Å². The van der Waals surface area contributed by atoms with Gasteiger partial charge in [-0.25, -0.2) is 4.98 Å². The maximum Gasteiger partial charge on any atom is 0.224 e. The fraction of sp³-hybridized carbons (Fsp3) is 0.357. The highest BCUT2D eigenvalue weighted by molar-refractivity contribution is 14.1. The van der Waals surface area contributed by atoms with Crippen molar-refractivity contribution >= 4 is 74.8 Å². The SMILES string of the molecule is COc1ccc(N2CCC(OI)CC2)cc1CNc1ncc(C)c(Nc2ccc3nccnc3c2N(C)SC)n1. The summed E-state index contributed by atoms with van der Waals surface area (Å²) in [6, 6.07) is 10.3. The average molecular weight is 673 g/mol. The fourth-order valence-corrected chi connectivity index (χ4v) is 5.67. The summed E-state index contributed by atoms with van der Waals surface area (Å²) in [5, 5.41) is 6.91. The number of anilines is 5. The second-order valence-electron chi connectivity index (χ2n) is 9.54.